The van der Waals surface area contributed by atoms with Crippen LogP contribution in [0.4, 0.5) is 5.69 Å². The zero-order chi connectivity index (χ0) is 26.8. The van der Waals surface area contributed by atoms with Crippen molar-refractivity contribution in [2.24, 2.45) is 0 Å². The van der Waals surface area contributed by atoms with Gasteiger partial charge in [-0.25, -0.2) is 16.8 Å². The first-order valence-electron chi connectivity index (χ1n) is 12.5. The molecule has 0 N–H and O–H groups in total. The average Bonchev–Trinajstić information content (AvgIpc) is 2.98. The van der Waals surface area contributed by atoms with E-state index >= 15 is 0 Å². The average molecular weight is 555 g/mol. The summed E-state index contributed by atoms with van der Waals surface area (Å²) >= 11 is 0. The van der Waals surface area contributed by atoms with E-state index < -0.39 is 26.1 Å². The van der Waals surface area contributed by atoms with E-state index in [1.165, 1.54) is 32.9 Å². The van der Waals surface area contributed by atoms with Crippen LogP contribution in [0.25, 0.3) is 0 Å². The monoisotopic (exact) mass is 554 g/mol. The highest BCUT2D eigenvalue weighted by Crippen LogP contribution is 2.27. The smallest absolute Gasteiger partial charge is 0.243 e. The van der Waals surface area contributed by atoms with E-state index in [9.17, 15) is 21.6 Å². The molecule has 0 spiro atoms. The number of amides is 1. The molecule has 5 rings (SSSR count). The normalized spacial score (nSPS) is 19.8. The standard InChI is InChI=1S/C27H30N4O5S2/c32-27(29-18-16-28(17-19-29)23-10-4-1-5-11-23)26-22-30(37(33,34)24-12-6-2-7-13-24)20-21-31(26)38(35,36)25-14-8-3-9-15-25/h1-15,26H,16-22H2/t26-/m1/s1. The Morgan fingerprint density at radius 2 is 1.11 bits per heavy atom. The van der Waals surface area contributed by atoms with E-state index in [0.29, 0.717) is 26.2 Å². The molecular formula is C27H30N4O5S2. The molecule has 3 aromatic rings. The molecular weight excluding hydrogens is 524 g/mol. The highest BCUT2D eigenvalue weighted by atomic mass is 32.2. The Bertz CT molecular complexity index is 1460. The van der Waals surface area contributed by atoms with E-state index in [-0.39, 0.29) is 35.3 Å². The first-order valence-corrected chi connectivity index (χ1v) is 15.4. The van der Waals surface area contributed by atoms with Crippen LogP contribution in [0, 0.1) is 0 Å². The lowest BCUT2D eigenvalue weighted by Crippen LogP contribution is -2.63. The maximum Gasteiger partial charge on any atom is 0.243 e. The third-order valence-corrected chi connectivity index (χ3v) is 10.8. The summed E-state index contributed by atoms with van der Waals surface area (Å²) in [6.45, 7) is 1.60. The van der Waals surface area contributed by atoms with E-state index in [1.54, 1.807) is 41.3 Å². The van der Waals surface area contributed by atoms with Crippen molar-refractivity contribution in [2.45, 2.75) is 15.8 Å². The van der Waals surface area contributed by atoms with Gasteiger partial charge in [-0.2, -0.15) is 8.61 Å². The summed E-state index contributed by atoms with van der Waals surface area (Å²) in [5, 5.41) is 0. The van der Waals surface area contributed by atoms with E-state index in [0.717, 1.165) is 5.69 Å². The summed E-state index contributed by atoms with van der Waals surface area (Å²) in [5.74, 6) is -0.384. The minimum absolute atomic E-state index is 0.0468. The van der Waals surface area contributed by atoms with Crippen LogP contribution in [0.15, 0.2) is 101 Å². The van der Waals surface area contributed by atoms with Crippen molar-refractivity contribution < 1.29 is 21.6 Å². The SMILES string of the molecule is O=C([C@H]1CN(S(=O)(=O)c2ccccc2)CCN1S(=O)(=O)c1ccccc1)N1CCN(c2ccccc2)CC1. The first-order chi connectivity index (χ1) is 18.3. The Kier molecular flexibility index (Phi) is 7.53. The Morgan fingerprint density at radius 3 is 1.66 bits per heavy atom. The lowest BCUT2D eigenvalue weighted by atomic mass is 10.1. The fourth-order valence-corrected chi connectivity index (χ4v) is 8.00. The molecule has 0 unspecified atom stereocenters. The second-order valence-corrected chi connectivity index (χ2v) is 13.1. The topological polar surface area (TPSA) is 98.3 Å². The number of hydrogen-bond donors (Lipinski definition) is 0. The Labute approximate surface area is 224 Å². The number of sulfonamides is 2. The molecule has 11 heteroatoms. The molecule has 0 radical (unpaired) electrons. The summed E-state index contributed by atoms with van der Waals surface area (Å²) in [5.41, 5.74) is 1.06. The number of hydrogen-bond acceptors (Lipinski definition) is 6. The van der Waals surface area contributed by atoms with Crippen molar-refractivity contribution >= 4 is 31.6 Å². The number of piperazine rings is 2. The van der Waals surface area contributed by atoms with Crippen LogP contribution < -0.4 is 4.90 Å². The zero-order valence-electron chi connectivity index (χ0n) is 20.8. The van der Waals surface area contributed by atoms with Gasteiger partial charge in [0.15, 0.2) is 0 Å². The summed E-state index contributed by atoms with van der Waals surface area (Å²) in [6, 6.07) is 24.7. The van der Waals surface area contributed by atoms with E-state index in [1.807, 2.05) is 30.3 Å². The van der Waals surface area contributed by atoms with Crippen LogP contribution in [0.1, 0.15) is 0 Å². The quantitative estimate of drug-likeness (QED) is 0.463. The molecule has 2 fully saturated rings. The molecule has 2 saturated heterocycles. The van der Waals surface area contributed by atoms with Crippen molar-refractivity contribution in [3.05, 3.63) is 91.0 Å². The Hall–Kier alpha value is -3.25. The number of carbonyl (C=O) groups is 1. The Morgan fingerprint density at radius 1 is 0.605 bits per heavy atom. The summed E-state index contributed by atoms with van der Waals surface area (Å²) in [7, 11) is -7.93. The predicted molar refractivity (Wildman–Crippen MR) is 145 cm³/mol. The number of para-hydroxylation sites is 1. The van der Waals surface area contributed by atoms with Gasteiger partial charge in [0.05, 0.1) is 9.79 Å². The van der Waals surface area contributed by atoms with Gasteiger partial charge in [0.1, 0.15) is 6.04 Å². The molecule has 0 bridgehead atoms. The summed E-state index contributed by atoms with van der Waals surface area (Å²) < 4.78 is 56.4. The zero-order valence-corrected chi connectivity index (χ0v) is 22.5. The highest BCUT2D eigenvalue weighted by Gasteiger charge is 2.45. The third kappa shape index (κ3) is 5.19. The molecule has 200 valence electrons. The maximum absolute atomic E-state index is 13.9. The van der Waals surface area contributed by atoms with Gasteiger partial charge in [0.25, 0.3) is 0 Å². The molecule has 0 saturated carbocycles. The van der Waals surface area contributed by atoms with Gasteiger partial charge in [-0.05, 0) is 36.4 Å². The summed E-state index contributed by atoms with van der Waals surface area (Å²) in [4.78, 5) is 17.9. The van der Waals surface area contributed by atoms with Gasteiger partial charge < -0.3 is 9.80 Å². The van der Waals surface area contributed by atoms with Crippen LogP contribution in [0.2, 0.25) is 0 Å². The predicted octanol–water partition coefficient (Wildman–Crippen LogP) is 2.10. The molecule has 1 amide bonds. The molecule has 2 heterocycles. The second-order valence-electron chi connectivity index (χ2n) is 9.27. The number of carbonyl (C=O) groups excluding carboxylic acids is 1. The molecule has 2 aliphatic rings. The number of anilines is 1. The van der Waals surface area contributed by atoms with Crippen molar-refractivity contribution in [1.82, 2.24) is 13.5 Å². The number of nitrogens with zero attached hydrogens (tertiary/aromatic N) is 4. The van der Waals surface area contributed by atoms with Gasteiger partial charge >= 0.3 is 0 Å². The molecule has 2 aliphatic heterocycles. The third-order valence-electron chi connectivity index (χ3n) is 7.02. The van der Waals surface area contributed by atoms with Crippen molar-refractivity contribution in [3.63, 3.8) is 0 Å². The fourth-order valence-electron chi connectivity index (χ4n) is 4.95. The second kappa shape index (κ2) is 10.9. The molecule has 3 aromatic carbocycles. The van der Waals surface area contributed by atoms with E-state index in [4.69, 9.17) is 0 Å². The minimum atomic E-state index is -4.03. The minimum Gasteiger partial charge on any atom is -0.368 e. The lowest BCUT2D eigenvalue weighted by Gasteiger charge is -2.43. The van der Waals surface area contributed by atoms with Crippen LogP contribution in [-0.4, -0.2) is 88.1 Å². The lowest BCUT2D eigenvalue weighted by molar-refractivity contribution is -0.136. The van der Waals surface area contributed by atoms with E-state index in [2.05, 4.69) is 4.90 Å². The van der Waals surface area contributed by atoms with Crippen LogP contribution in [0.5, 0.6) is 0 Å². The Balaban J connectivity index is 1.41. The largest absolute Gasteiger partial charge is 0.368 e. The van der Waals surface area contributed by atoms with Gasteiger partial charge in [-0.3, -0.25) is 4.79 Å². The first kappa shape index (κ1) is 26.4. The highest BCUT2D eigenvalue weighted by molar-refractivity contribution is 7.89. The molecule has 0 aromatic heterocycles. The number of rotatable bonds is 6. The van der Waals surface area contributed by atoms with Gasteiger partial charge in [-0.15, -0.1) is 0 Å². The van der Waals surface area contributed by atoms with Gasteiger partial charge in [0.2, 0.25) is 26.0 Å². The summed E-state index contributed by atoms with van der Waals surface area (Å²) in [6.07, 6.45) is 0. The van der Waals surface area contributed by atoms with Gasteiger partial charge in [-0.1, -0.05) is 54.6 Å². The van der Waals surface area contributed by atoms with Crippen LogP contribution >= 0.6 is 0 Å². The van der Waals surface area contributed by atoms with Gasteiger partial charge in [0, 0.05) is 51.5 Å². The molecule has 1 atom stereocenters. The maximum atomic E-state index is 13.9. The van der Waals surface area contributed by atoms with Crippen LogP contribution in [-0.2, 0) is 24.8 Å². The molecule has 38 heavy (non-hydrogen) atoms. The van der Waals surface area contributed by atoms with Crippen LogP contribution in [0.3, 0.4) is 0 Å². The van der Waals surface area contributed by atoms with Crippen molar-refractivity contribution in [1.29, 1.82) is 0 Å². The number of benzene rings is 3. The molecule has 9 nitrogen and oxygen atoms in total. The fraction of sp³-hybridized carbons (Fsp3) is 0.296. The molecule has 0 aliphatic carbocycles. The van der Waals surface area contributed by atoms with Crippen molar-refractivity contribution in [2.75, 3.05) is 50.7 Å². The van der Waals surface area contributed by atoms with Crippen molar-refractivity contribution in [3.8, 4) is 0 Å².